The minimum Gasteiger partial charge on any atom is -0.458 e. The second-order valence-electron chi connectivity index (χ2n) is 14.5. The molecule has 0 saturated heterocycles. The molecule has 214 valence electrons. The molecule has 8 atom stereocenters. The molecule has 0 spiro atoms. The summed E-state index contributed by atoms with van der Waals surface area (Å²) in [5.74, 6) is 5.01. The molecule has 3 heteroatoms. The lowest BCUT2D eigenvalue weighted by atomic mass is 9.44. The Morgan fingerprint density at radius 1 is 0.900 bits per heavy atom. The number of fused-ring (bicyclic) bond motifs is 5. The monoisotopic (exact) mass is 556 g/mol. The number of carbonyl (C=O) groups excluding carboxylic acids is 1. The summed E-state index contributed by atoms with van der Waals surface area (Å²) < 4.78 is 6.22. The van der Waals surface area contributed by atoms with Gasteiger partial charge in [0.2, 0.25) is 0 Å². The largest absolute Gasteiger partial charge is 0.458 e. The van der Waals surface area contributed by atoms with Crippen molar-refractivity contribution in [3.8, 4) is 0 Å². The van der Waals surface area contributed by atoms with Crippen LogP contribution in [0, 0.1) is 45.8 Å². The summed E-state index contributed by atoms with van der Waals surface area (Å²) in [4.78, 5) is 14.4. The Morgan fingerprint density at radius 2 is 1.60 bits per heavy atom. The van der Waals surface area contributed by atoms with E-state index in [4.69, 9.17) is 4.74 Å². The van der Waals surface area contributed by atoms with Crippen molar-refractivity contribution in [1.29, 1.82) is 0 Å². The van der Waals surface area contributed by atoms with Crippen LogP contribution in [-0.4, -0.2) is 17.8 Å². The quantitative estimate of drug-likeness (QED) is 0.201. The van der Waals surface area contributed by atoms with Crippen LogP contribution in [0.4, 0.5) is 0 Å². The molecule has 4 aliphatic carbocycles. The Bertz CT molecular complexity index is 1240. The van der Waals surface area contributed by atoms with Crippen molar-refractivity contribution in [1.82, 2.24) is 0 Å². The third kappa shape index (κ3) is 4.69. The first kappa shape index (κ1) is 28.1. The second kappa shape index (κ2) is 10.7. The number of esters is 1. The van der Waals surface area contributed by atoms with E-state index in [2.05, 4.69) is 71.0 Å². The van der Waals surface area contributed by atoms with Crippen molar-refractivity contribution in [3.63, 3.8) is 0 Å². The van der Waals surface area contributed by atoms with Gasteiger partial charge in [0, 0.05) is 16.1 Å². The molecule has 4 aliphatic rings. The van der Waals surface area contributed by atoms with Gasteiger partial charge in [0.25, 0.3) is 0 Å². The number of benzene rings is 2. The molecule has 2 aromatic rings. The molecule has 0 N–H and O–H groups in total. The van der Waals surface area contributed by atoms with Crippen LogP contribution in [0.25, 0.3) is 0 Å². The van der Waals surface area contributed by atoms with E-state index in [0.29, 0.717) is 11.0 Å². The van der Waals surface area contributed by atoms with Crippen molar-refractivity contribution in [2.75, 3.05) is 5.75 Å². The zero-order valence-corrected chi connectivity index (χ0v) is 26.0. The van der Waals surface area contributed by atoms with Crippen molar-refractivity contribution in [3.05, 3.63) is 77.9 Å². The third-order valence-electron chi connectivity index (χ3n) is 12.2. The van der Waals surface area contributed by atoms with Crippen LogP contribution in [0.5, 0.6) is 0 Å². The Balaban J connectivity index is 1.18. The summed E-state index contributed by atoms with van der Waals surface area (Å²) >= 11 is 2.05. The van der Waals surface area contributed by atoms with Crippen LogP contribution < -0.4 is 0 Å². The zero-order chi connectivity index (χ0) is 28.1. The predicted octanol–water partition coefficient (Wildman–Crippen LogP) is 9.86. The summed E-state index contributed by atoms with van der Waals surface area (Å²) in [6.07, 6.45) is 11.4. The molecular formula is C37H48O2S. The highest BCUT2D eigenvalue weighted by Gasteiger charge is 2.61. The van der Waals surface area contributed by atoms with Crippen LogP contribution in [0.2, 0.25) is 0 Å². The van der Waals surface area contributed by atoms with Gasteiger partial charge in [0.05, 0.1) is 5.56 Å². The van der Waals surface area contributed by atoms with E-state index in [1.54, 1.807) is 5.57 Å². The number of ether oxygens (including phenoxy) is 1. The zero-order valence-electron chi connectivity index (χ0n) is 25.2. The van der Waals surface area contributed by atoms with Gasteiger partial charge in [-0.1, -0.05) is 82.7 Å². The lowest BCUT2D eigenvalue weighted by Crippen LogP contribution is -2.55. The van der Waals surface area contributed by atoms with Gasteiger partial charge >= 0.3 is 5.97 Å². The van der Waals surface area contributed by atoms with Crippen LogP contribution in [0.15, 0.2) is 77.2 Å². The molecule has 6 rings (SSSR count). The Kier molecular flexibility index (Phi) is 7.51. The van der Waals surface area contributed by atoms with E-state index < -0.39 is 0 Å². The smallest absolute Gasteiger partial charge is 0.338 e. The van der Waals surface area contributed by atoms with Gasteiger partial charge in [-0.3, -0.25) is 0 Å². The van der Waals surface area contributed by atoms with Crippen LogP contribution in [-0.2, 0) is 4.74 Å². The minimum atomic E-state index is -0.179. The molecule has 0 amide bonds. The highest BCUT2D eigenvalue weighted by molar-refractivity contribution is 7.99. The fourth-order valence-corrected chi connectivity index (χ4v) is 11.2. The van der Waals surface area contributed by atoms with Gasteiger partial charge in [0.1, 0.15) is 6.10 Å². The molecule has 0 aliphatic heterocycles. The van der Waals surface area contributed by atoms with E-state index >= 15 is 0 Å². The summed E-state index contributed by atoms with van der Waals surface area (Å²) in [7, 11) is 0. The van der Waals surface area contributed by atoms with Gasteiger partial charge in [0.15, 0.2) is 0 Å². The van der Waals surface area contributed by atoms with Crippen molar-refractivity contribution in [2.45, 2.75) is 90.6 Å². The van der Waals surface area contributed by atoms with Crippen LogP contribution in [0.3, 0.4) is 0 Å². The van der Waals surface area contributed by atoms with Crippen molar-refractivity contribution >= 4 is 17.7 Å². The average molecular weight is 557 g/mol. The Hall–Kier alpha value is -2.00. The van der Waals surface area contributed by atoms with Crippen molar-refractivity contribution < 1.29 is 9.53 Å². The fourth-order valence-electron chi connectivity index (χ4n) is 10.2. The fraction of sp³-hybridized carbons (Fsp3) is 0.595. The predicted molar refractivity (Wildman–Crippen MR) is 166 cm³/mol. The summed E-state index contributed by atoms with van der Waals surface area (Å²) in [5.41, 5.74) is 2.78. The Morgan fingerprint density at radius 3 is 2.33 bits per heavy atom. The second-order valence-corrected chi connectivity index (χ2v) is 15.6. The molecule has 0 aromatic heterocycles. The maximum atomic E-state index is 13.0. The normalized spacial score (nSPS) is 36.9. The van der Waals surface area contributed by atoms with E-state index in [9.17, 15) is 4.79 Å². The molecule has 0 heterocycles. The van der Waals surface area contributed by atoms with Gasteiger partial charge < -0.3 is 4.74 Å². The number of allylic oxidation sites excluding steroid dienone is 1. The minimum absolute atomic E-state index is 0.0660. The van der Waals surface area contributed by atoms with Gasteiger partial charge in [-0.25, -0.2) is 4.79 Å². The van der Waals surface area contributed by atoms with E-state index in [0.717, 1.165) is 42.4 Å². The molecule has 0 radical (unpaired) electrons. The summed E-state index contributed by atoms with van der Waals surface area (Å²) in [5, 5.41) is 0. The van der Waals surface area contributed by atoms with Crippen molar-refractivity contribution in [2.24, 2.45) is 45.8 Å². The average Bonchev–Trinajstić information content (AvgIpc) is 3.31. The van der Waals surface area contributed by atoms with Gasteiger partial charge in [-0.05, 0) is 110 Å². The first-order valence-electron chi connectivity index (χ1n) is 15.8. The molecule has 3 saturated carbocycles. The lowest BCUT2D eigenvalue weighted by Gasteiger charge is -2.61. The number of carbonyl (C=O) groups is 1. The first-order chi connectivity index (χ1) is 19.1. The van der Waals surface area contributed by atoms with E-state index in [-0.39, 0.29) is 22.9 Å². The number of hydrogen-bond acceptors (Lipinski definition) is 3. The SMILES string of the molecule is CC(CSc1ccccc1)[C@H]1CC[C@H]2[C@@H]3CC=C4C(C)(C)C(OC(=O)c5ccccc5)CC[C@]4(C)[C@H]3CC[C@]12C. The van der Waals surface area contributed by atoms with E-state index in [1.165, 1.54) is 42.8 Å². The molecular weight excluding hydrogens is 508 g/mol. The molecule has 40 heavy (non-hydrogen) atoms. The standard InChI is InChI=1S/C37H48O2S/c1-25(24-40-27-14-10-7-11-15-27)29-17-18-30-28-16-19-32-35(2,3)33(39-34(38)26-12-8-6-9-13-26)21-23-37(32,5)31(28)20-22-36(29,30)4/h6-15,19,25,28-31,33H,16-18,20-24H2,1-5H3/t25?,28-,29+,30-,31-,33?,36+,37+/m0/s1. The third-order valence-corrected chi connectivity index (χ3v) is 13.5. The highest BCUT2D eigenvalue weighted by atomic mass is 32.2. The molecule has 2 nitrogen and oxygen atoms in total. The number of hydrogen-bond donors (Lipinski definition) is 0. The van der Waals surface area contributed by atoms with E-state index in [1.807, 2.05) is 42.1 Å². The highest BCUT2D eigenvalue weighted by Crippen LogP contribution is 2.69. The van der Waals surface area contributed by atoms with Crippen LogP contribution >= 0.6 is 11.8 Å². The topological polar surface area (TPSA) is 26.3 Å². The first-order valence-corrected chi connectivity index (χ1v) is 16.8. The maximum Gasteiger partial charge on any atom is 0.338 e. The maximum absolute atomic E-state index is 13.0. The molecule has 0 bridgehead atoms. The Labute approximate surface area is 246 Å². The number of rotatable bonds is 6. The molecule has 3 fully saturated rings. The van der Waals surface area contributed by atoms with Gasteiger partial charge in [-0.15, -0.1) is 11.8 Å². The molecule has 2 unspecified atom stereocenters. The number of thioether (sulfide) groups is 1. The van der Waals surface area contributed by atoms with Crippen LogP contribution in [0.1, 0.15) is 89.9 Å². The lowest BCUT2D eigenvalue weighted by molar-refractivity contribution is -0.0818. The summed E-state index contributed by atoms with van der Waals surface area (Å²) in [6, 6.07) is 20.5. The molecule has 2 aromatic carbocycles. The summed E-state index contributed by atoms with van der Waals surface area (Å²) in [6.45, 7) is 12.4. The van der Waals surface area contributed by atoms with Gasteiger partial charge in [-0.2, -0.15) is 0 Å².